The number of H-pyrrole nitrogens is 2. The lowest BCUT2D eigenvalue weighted by atomic mass is 10.1. The van der Waals surface area contributed by atoms with Crippen LogP contribution >= 0.6 is 0 Å². The molecule has 8 nitrogen and oxygen atoms in total. The van der Waals surface area contributed by atoms with E-state index in [4.69, 9.17) is 15.7 Å². The number of pyridine rings is 3. The van der Waals surface area contributed by atoms with E-state index in [1.54, 1.807) is 18.6 Å². The van der Waals surface area contributed by atoms with Crippen molar-refractivity contribution in [1.82, 2.24) is 35.1 Å². The number of aromatic nitrogens is 7. The molecular weight excluding hydrogens is 419 g/mol. The second-order valence-electron chi connectivity index (χ2n) is 7.83. The topological polar surface area (TPSA) is 122 Å². The predicted molar refractivity (Wildman–Crippen MR) is 125 cm³/mol. The fourth-order valence-electron chi connectivity index (χ4n) is 3.95. The van der Waals surface area contributed by atoms with Crippen molar-refractivity contribution in [1.29, 1.82) is 0 Å². The molecule has 0 spiro atoms. The van der Waals surface area contributed by atoms with E-state index >= 15 is 0 Å². The Morgan fingerprint density at radius 3 is 2.61 bits per heavy atom. The van der Waals surface area contributed by atoms with Crippen molar-refractivity contribution < 1.29 is 4.39 Å². The molecule has 0 fully saturated rings. The smallest absolute Gasteiger partial charge is 0.161 e. The highest BCUT2D eigenvalue weighted by atomic mass is 19.1. The zero-order valence-corrected chi connectivity index (χ0v) is 17.5. The van der Waals surface area contributed by atoms with Gasteiger partial charge in [-0.15, -0.1) is 0 Å². The summed E-state index contributed by atoms with van der Waals surface area (Å²) >= 11 is 0. The highest BCUT2D eigenvalue weighted by Gasteiger charge is 2.18. The lowest BCUT2D eigenvalue weighted by Crippen LogP contribution is -1.90. The highest BCUT2D eigenvalue weighted by molar-refractivity contribution is 5.95. The van der Waals surface area contributed by atoms with Crippen molar-refractivity contribution in [3.8, 4) is 34.0 Å². The van der Waals surface area contributed by atoms with Crippen LogP contribution in [0.15, 0.2) is 61.1 Å². The molecule has 6 aromatic rings. The predicted octanol–water partition coefficient (Wildman–Crippen LogP) is 4.65. The molecule has 0 amide bonds. The van der Waals surface area contributed by atoms with Crippen LogP contribution in [0.2, 0.25) is 0 Å². The highest BCUT2D eigenvalue weighted by Crippen LogP contribution is 2.31. The zero-order chi connectivity index (χ0) is 22.5. The summed E-state index contributed by atoms with van der Waals surface area (Å²) < 4.78 is 14.0. The van der Waals surface area contributed by atoms with Crippen LogP contribution in [0.3, 0.4) is 0 Å². The van der Waals surface area contributed by atoms with Gasteiger partial charge in [-0.1, -0.05) is 0 Å². The van der Waals surface area contributed by atoms with E-state index in [0.29, 0.717) is 39.5 Å². The molecule has 0 aliphatic rings. The first-order valence-corrected chi connectivity index (χ1v) is 10.2. The number of nitrogens with two attached hydrogens (primary N) is 1. The third-order valence-corrected chi connectivity index (χ3v) is 5.40. The number of anilines is 1. The summed E-state index contributed by atoms with van der Waals surface area (Å²) in [6, 6.07) is 12.3. The van der Waals surface area contributed by atoms with Crippen molar-refractivity contribution >= 4 is 27.8 Å². The Labute approximate surface area is 186 Å². The average Bonchev–Trinajstić information content (AvgIpc) is 3.41. The monoisotopic (exact) mass is 436 g/mol. The molecule has 9 heteroatoms. The largest absolute Gasteiger partial charge is 0.397 e. The van der Waals surface area contributed by atoms with Crippen molar-refractivity contribution in [2.45, 2.75) is 6.92 Å². The van der Waals surface area contributed by atoms with Gasteiger partial charge in [0.15, 0.2) is 11.5 Å². The van der Waals surface area contributed by atoms with Crippen LogP contribution in [0.4, 0.5) is 10.1 Å². The molecular formula is C24H17FN8. The summed E-state index contributed by atoms with van der Waals surface area (Å²) in [5.74, 6) is 0.222. The van der Waals surface area contributed by atoms with E-state index in [-0.39, 0.29) is 5.82 Å². The minimum atomic E-state index is -0.314. The van der Waals surface area contributed by atoms with E-state index in [9.17, 15) is 4.39 Å². The number of rotatable bonds is 3. The van der Waals surface area contributed by atoms with E-state index < -0.39 is 0 Å². The Bertz CT molecular complexity index is 1650. The molecule has 0 atom stereocenters. The van der Waals surface area contributed by atoms with Gasteiger partial charge in [0.1, 0.15) is 16.9 Å². The molecule has 160 valence electrons. The molecule has 1 aromatic carbocycles. The number of aromatic amines is 2. The third kappa shape index (κ3) is 3.26. The van der Waals surface area contributed by atoms with Crippen LogP contribution in [0.25, 0.3) is 56.1 Å². The molecule has 0 saturated carbocycles. The summed E-state index contributed by atoms with van der Waals surface area (Å²) in [4.78, 5) is 21.5. The van der Waals surface area contributed by atoms with Gasteiger partial charge in [0.25, 0.3) is 0 Å². The Balaban J connectivity index is 1.51. The summed E-state index contributed by atoms with van der Waals surface area (Å²) in [6.07, 6.45) is 4.97. The molecule has 33 heavy (non-hydrogen) atoms. The van der Waals surface area contributed by atoms with Crippen LogP contribution in [-0.4, -0.2) is 35.1 Å². The summed E-state index contributed by atoms with van der Waals surface area (Å²) in [7, 11) is 0. The van der Waals surface area contributed by atoms with E-state index in [1.165, 1.54) is 12.1 Å². The lowest BCUT2D eigenvalue weighted by Gasteiger charge is -2.03. The van der Waals surface area contributed by atoms with Gasteiger partial charge in [-0.25, -0.2) is 14.4 Å². The molecule has 0 bridgehead atoms. The second kappa shape index (κ2) is 7.20. The number of benzene rings is 1. The maximum Gasteiger partial charge on any atom is 0.161 e. The van der Waals surface area contributed by atoms with Crippen LogP contribution in [0.1, 0.15) is 5.56 Å². The van der Waals surface area contributed by atoms with Gasteiger partial charge in [0.05, 0.1) is 28.1 Å². The van der Waals surface area contributed by atoms with Gasteiger partial charge in [-0.2, -0.15) is 5.10 Å². The number of hydrogen-bond acceptors (Lipinski definition) is 6. The zero-order valence-electron chi connectivity index (χ0n) is 17.5. The molecule has 0 radical (unpaired) electrons. The van der Waals surface area contributed by atoms with E-state index in [2.05, 4.69) is 25.1 Å². The molecule has 5 aromatic heterocycles. The van der Waals surface area contributed by atoms with Crippen LogP contribution in [0, 0.1) is 12.7 Å². The number of imidazole rings is 1. The minimum absolute atomic E-state index is 0.314. The Morgan fingerprint density at radius 1 is 0.879 bits per heavy atom. The van der Waals surface area contributed by atoms with Gasteiger partial charge < -0.3 is 10.7 Å². The van der Waals surface area contributed by atoms with Gasteiger partial charge in [0, 0.05) is 29.7 Å². The number of halogens is 1. The van der Waals surface area contributed by atoms with Crippen molar-refractivity contribution in [2.24, 2.45) is 0 Å². The van der Waals surface area contributed by atoms with E-state index in [0.717, 1.165) is 27.9 Å². The quantitative estimate of drug-likeness (QED) is 0.371. The number of aryl methyl sites for hydroxylation is 1. The van der Waals surface area contributed by atoms with Gasteiger partial charge >= 0.3 is 0 Å². The maximum atomic E-state index is 14.0. The number of fused-ring (bicyclic) bond motifs is 2. The average molecular weight is 436 g/mol. The van der Waals surface area contributed by atoms with Crippen molar-refractivity contribution in [3.63, 3.8) is 0 Å². The van der Waals surface area contributed by atoms with Gasteiger partial charge in [-0.3, -0.25) is 15.1 Å². The fourth-order valence-corrected chi connectivity index (χ4v) is 3.95. The molecule has 0 aliphatic carbocycles. The van der Waals surface area contributed by atoms with Gasteiger partial charge in [-0.05, 0) is 55.0 Å². The van der Waals surface area contributed by atoms with Crippen LogP contribution in [0.5, 0.6) is 0 Å². The minimum Gasteiger partial charge on any atom is -0.397 e. The van der Waals surface area contributed by atoms with Gasteiger partial charge in [0.2, 0.25) is 0 Å². The van der Waals surface area contributed by atoms with Crippen molar-refractivity contribution in [2.75, 3.05) is 5.73 Å². The first-order chi connectivity index (χ1) is 16.0. The number of nitrogens with one attached hydrogen (secondary N) is 2. The SMILES string of the molecule is Cc1cc(F)cc(-c2nccc3[nH]c(-c4n[nH]c5ccc(-c6cncc(N)c6)nc45)nc23)c1. The molecule has 0 aliphatic heterocycles. The summed E-state index contributed by atoms with van der Waals surface area (Å²) in [5.41, 5.74) is 13.4. The van der Waals surface area contributed by atoms with Crippen molar-refractivity contribution in [3.05, 3.63) is 72.4 Å². The Kier molecular flexibility index (Phi) is 4.16. The molecule has 0 saturated heterocycles. The summed E-state index contributed by atoms with van der Waals surface area (Å²) in [6.45, 7) is 1.84. The molecule has 0 unspecified atom stereocenters. The molecule has 5 heterocycles. The maximum absolute atomic E-state index is 14.0. The normalized spacial score (nSPS) is 11.5. The van der Waals surface area contributed by atoms with Crippen LogP contribution in [-0.2, 0) is 0 Å². The van der Waals surface area contributed by atoms with Crippen LogP contribution < -0.4 is 5.73 Å². The standard InChI is InChI=1S/C24H17FN8/c1-12-6-13(8-15(25)7-12)20-21-18(4-5-28-20)30-24(31-21)23-22-19(32-33-23)3-2-17(29-22)14-9-16(26)11-27-10-14/h2-11H,26H2,1H3,(H,30,31)(H,32,33). The summed E-state index contributed by atoms with van der Waals surface area (Å²) in [5, 5.41) is 7.45. The van der Waals surface area contributed by atoms with E-state index in [1.807, 2.05) is 37.3 Å². The fraction of sp³-hybridized carbons (Fsp3) is 0.0417. The Morgan fingerprint density at radius 2 is 1.76 bits per heavy atom. The number of nitrogen functional groups attached to an aromatic ring is 1. The first kappa shape index (κ1) is 19.1. The second-order valence-corrected chi connectivity index (χ2v) is 7.83. The Hall–Kier alpha value is -4.66. The first-order valence-electron chi connectivity index (χ1n) is 10.2. The molecule has 4 N–H and O–H groups in total. The molecule has 6 rings (SSSR count). The lowest BCUT2D eigenvalue weighted by molar-refractivity contribution is 0.627. The third-order valence-electron chi connectivity index (χ3n) is 5.40. The number of nitrogens with zero attached hydrogens (tertiary/aromatic N) is 5. The number of hydrogen-bond donors (Lipinski definition) is 3.